The van der Waals surface area contributed by atoms with Gasteiger partial charge in [0, 0.05) is 118 Å². The molecule has 0 aromatic carbocycles. The number of amides is 2. The van der Waals surface area contributed by atoms with E-state index in [2.05, 4.69) is 80.2 Å². The number of anilines is 2. The molecule has 2 amide bonds. The number of carbonyl (C=O) groups is 2. The maximum Gasteiger partial charge on any atom is 0.307 e. The molecule has 442 valence electrons. The van der Waals surface area contributed by atoms with E-state index in [1.165, 1.54) is 19.3 Å². The SMILES string of the molecule is CCCCC(CC)C(CCC)C1C(CNC)C(C(=O)N2CCC(CC3CC(C(=O)N4CCCCC4c4cc5nc(N6CCC(N)C6)c(C)cn5n4)N(C(F)F)N3)CC2c2cc3nc(N4CCC(N)C4)c(C)cn3n2)CC(C)[N+]1(C)C. The van der Waals surface area contributed by atoms with Crippen LogP contribution in [0.2, 0.25) is 0 Å². The third-order valence-electron chi connectivity index (χ3n) is 20.4. The molecule has 0 bridgehead atoms. The van der Waals surface area contributed by atoms with Gasteiger partial charge < -0.3 is 40.9 Å². The first kappa shape index (κ1) is 58.6. The number of halogens is 2. The van der Waals surface area contributed by atoms with Crippen LogP contribution in [0.15, 0.2) is 24.5 Å². The smallest absolute Gasteiger partial charge is 0.307 e. The van der Waals surface area contributed by atoms with Gasteiger partial charge in [0.1, 0.15) is 17.7 Å². The van der Waals surface area contributed by atoms with E-state index < -0.39 is 12.6 Å². The van der Waals surface area contributed by atoms with E-state index >= 15 is 13.6 Å². The zero-order chi connectivity index (χ0) is 56.7. The molecule has 10 heterocycles. The van der Waals surface area contributed by atoms with Crippen molar-refractivity contribution in [2.75, 3.05) is 76.8 Å². The molecular formula is C60H97F2N16O2+. The second-order valence-corrected chi connectivity index (χ2v) is 26.0. The topological polar surface area (TPSA) is 187 Å². The quantitative estimate of drug-likeness (QED) is 0.0539. The summed E-state index contributed by atoms with van der Waals surface area (Å²) in [6.07, 6.45) is 18.2. The molecule has 13 atom stereocenters. The number of alkyl halides is 2. The van der Waals surface area contributed by atoms with Crippen molar-refractivity contribution in [1.29, 1.82) is 0 Å². The summed E-state index contributed by atoms with van der Waals surface area (Å²) in [5, 5.41) is 14.7. The number of fused-ring (bicyclic) bond motifs is 2. The van der Waals surface area contributed by atoms with E-state index in [-0.39, 0.29) is 72.2 Å². The molecule has 0 spiro atoms. The Hall–Kier alpha value is -4.60. The van der Waals surface area contributed by atoms with E-state index in [4.69, 9.17) is 31.6 Å². The van der Waals surface area contributed by atoms with Crippen LogP contribution < -0.4 is 32.0 Å². The van der Waals surface area contributed by atoms with Gasteiger partial charge in [-0.25, -0.2) is 24.4 Å². The van der Waals surface area contributed by atoms with Crippen molar-refractivity contribution in [3.05, 3.63) is 47.0 Å². The molecule has 6 aliphatic rings. The van der Waals surface area contributed by atoms with Crippen molar-refractivity contribution < 1.29 is 22.9 Å². The minimum Gasteiger partial charge on any atom is -0.355 e. The lowest BCUT2D eigenvalue weighted by molar-refractivity contribution is -0.951. The fourth-order valence-corrected chi connectivity index (χ4v) is 16.0. The summed E-state index contributed by atoms with van der Waals surface area (Å²) in [5.41, 5.74) is 20.8. The summed E-state index contributed by atoms with van der Waals surface area (Å²) in [6, 6.07) is 2.68. The van der Waals surface area contributed by atoms with Gasteiger partial charge in [0.25, 0.3) is 0 Å². The number of nitrogens with zero attached hydrogens (tertiary/aromatic N) is 12. The van der Waals surface area contributed by atoms with Crippen molar-refractivity contribution in [3.63, 3.8) is 0 Å². The number of hydrazine groups is 1. The molecule has 0 aliphatic carbocycles. The molecule has 6 N–H and O–H groups in total. The number of nitrogens with one attached hydrogen (secondary N) is 2. The zero-order valence-corrected chi connectivity index (χ0v) is 49.7. The van der Waals surface area contributed by atoms with Crippen LogP contribution in [0.3, 0.4) is 0 Å². The molecule has 0 radical (unpaired) electrons. The monoisotopic (exact) mass is 1110 g/mol. The molecule has 18 nitrogen and oxygen atoms in total. The predicted molar refractivity (Wildman–Crippen MR) is 311 cm³/mol. The summed E-state index contributed by atoms with van der Waals surface area (Å²) >= 11 is 0. The number of likely N-dealkylation sites (tertiary alicyclic amines) is 3. The lowest BCUT2D eigenvalue weighted by Crippen LogP contribution is -2.69. The van der Waals surface area contributed by atoms with Crippen LogP contribution in [0.25, 0.3) is 11.3 Å². The Morgan fingerprint density at radius 3 is 1.98 bits per heavy atom. The summed E-state index contributed by atoms with van der Waals surface area (Å²) in [4.78, 5) is 49.6. The van der Waals surface area contributed by atoms with Gasteiger partial charge in [0.05, 0.1) is 55.6 Å². The third-order valence-corrected chi connectivity index (χ3v) is 20.4. The first-order valence-electron chi connectivity index (χ1n) is 31.1. The maximum atomic E-state index is 16.0. The van der Waals surface area contributed by atoms with Crippen LogP contribution in [-0.2, 0) is 9.59 Å². The van der Waals surface area contributed by atoms with Gasteiger partial charge in [-0.3, -0.25) is 9.59 Å². The average molecular weight is 1110 g/mol. The Morgan fingerprint density at radius 2 is 1.41 bits per heavy atom. The van der Waals surface area contributed by atoms with Crippen LogP contribution >= 0.6 is 0 Å². The molecule has 6 saturated heterocycles. The highest BCUT2D eigenvalue weighted by Gasteiger charge is 2.56. The van der Waals surface area contributed by atoms with E-state index in [0.717, 1.165) is 140 Å². The fourth-order valence-electron chi connectivity index (χ4n) is 16.0. The molecule has 4 aromatic heterocycles. The Bertz CT molecular complexity index is 2770. The molecule has 6 aliphatic heterocycles. The van der Waals surface area contributed by atoms with Gasteiger partial charge in [0.15, 0.2) is 11.3 Å². The van der Waals surface area contributed by atoms with E-state index in [9.17, 15) is 4.79 Å². The van der Waals surface area contributed by atoms with E-state index in [1.54, 1.807) is 4.52 Å². The second-order valence-electron chi connectivity index (χ2n) is 26.0. The number of hydrogen-bond donors (Lipinski definition) is 4. The van der Waals surface area contributed by atoms with E-state index in [0.29, 0.717) is 55.9 Å². The first-order valence-corrected chi connectivity index (χ1v) is 31.1. The number of carbonyl (C=O) groups excluding carboxylic acids is 2. The van der Waals surface area contributed by atoms with Gasteiger partial charge in [-0.2, -0.15) is 24.0 Å². The highest BCUT2D eigenvalue weighted by atomic mass is 19.3. The van der Waals surface area contributed by atoms with Crippen LogP contribution in [0.5, 0.6) is 0 Å². The molecule has 4 aromatic rings. The van der Waals surface area contributed by atoms with Crippen molar-refractivity contribution in [3.8, 4) is 0 Å². The normalized spacial score (nSPS) is 30.4. The number of nitrogens with two attached hydrogens (primary N) is 2. The Balaban J connectivity index is 0.921. The summed E-state index contributed by atoms with van der Waals surface area (Å²) in [5.74, 6) is 2.79. The number of quaternary nitrogens is 1. The molecule has 13 unspecified atom stereocenters. The van der Waals surface area contributed by atoms with Crippen molar-refractivity contribution in [2.24, 2.45) is 41.1 Å². The number of aryl methyl sites for hydroxylation is 2. The largest absolute Gasteiger partial charge is 0.355 e. The average Bonchev–Trinajstić information content (AvgIpc) is 4.44. The standard InChI is InChI=1S/C60H97F2N16O2/c1-10-13-17-41(12-3)45(16-11-2)55-47(32-65-7)46(26-39(6)78(55,8)9)58(79)74-25-19-40(28-51(74)49-31-54-67-57(38(5)34-76(54)70-49)72-24-21-43(64)36-72)27-44-29-52(77(68-44)60(61)62)59(80)73-22-15-14-18-50(73)48-30-53-66-56(37(4)33-75(53)69-48)71-23-20-42(63)35-71/h30-31,33-34,39-47,50-52,55,60,65,68H,10-29,32,35-36,63-64H2,1-9H3/q+1. The summed E-state index contributed by atoms with van der Waals surface area (Å²) in [7, 11) is 6.89. The van der Waals surface area contributed by atoms with E-state index in [1.807, 2.05) is 41.8 Å². The van der Waals surface area contributed by atoms with Crippen molar-refractivity contribution in [1.82, 2.24) is 54.7 Å². The van der Waals surface area contributed by atoms with Gasteiger partial charge in [0.2, 0.25) is 11.8 Å². The lowest BCUT2D eigenvalue weighted by Gasteiger charge is -2.57. The molecular weight excluding hydrogens is 1010 g/mol. The van der Waals surface area contributed by atoms with Gasteiger partial charge in [-0.1, -0.05) is 46.5 Å². The number of piperidine rings is 3. The molecule has 6 fully saturated rings. The Kier molecular flexibility index (Phi) is 18.1. The highest BCUT2D eigenvalue weighted by Crippen LogP contribution is 2.48. The highest BCUT2D eigenvalue weighted by molar-refractivity contribution is 5.83. The lowest BCUT2D eigenvalue weighted by atomic mass is 9.65. The first-order chi connectivity index (χ1) is 38.4. The summed E-state index contributed by atoms with van der Waals surface area (Å²) in [6.45, 7) is 15.5. The minimum absolute atomic E-state index is 0.0634. The molecule has 10 rings (SSSR count). The van der Waals surface area contributed by atoms with Crippen molar-refractivity contribution in [2.45, 2.75) is 199 Å². The molecule has 20 heteroatoms. The van der Waals surface area contributed by atoms with Gasteiger partial charge >= 0.3 is 6.55 Å². The minimum atomic E-state index is -2.88. The van der Waals surface area contributed by atoms with Gasteiger partial charge in [-0.15, -0.1) is 0 Å². The van der Waals surface area contributed by atoms with Crippen molar-refractivity contribution >= 4 is 34.7 Å². The number of hydrogen-bond acceptors (Lipinski definition) is 13. The van der Waals surface area contributed by atoms with Gasteiger partial charge in [-0.05, 0) is 110 Å². The number of rotatable bonds is 19. The van der Waals surface area contributed by atoms with Crippen LogP contribution in [-0.4, -0.2) is 170 Å². The van der Waals surface area contributed by atoms with Crippen LogP contribution in [0, 0.1) is 43.4 Å². The second kappa shape index (κ2) is 24.7. The summed E-state index contributed by atoms with van der Waals surface area (Å²) < 4.78 is 35.2. The molecule has 80 heavy (non-hydrogen) atoms. The Labute approximate surface area is 474 Å². The fraction of sp³-hybridized carbons (Fsp3) is 0.767. The third kappa shape index (κ3) is 11.7. The predicted octanol–water partition coefficient (Wildman–Crippen LogP) is 7.38. The number of aromatic nitrogens is 6. The molecule has 0 saturated carbocycles. The zero-order valence-electron chi connectivity index (χ0n) is 49.7. The number of unbranched alkanes of at least 4 members (excludes halogenated alkanes) is 1. The van der Waals surface area contributed by atoms with Crippen LogP contribution in [0.4, 0.5) is 20.4 Å². The Morgan fingerprint density at radius 1 is 0.787 bits per heavy atom. The van der Waals surface area contributed by atoms with Crippen LogP contribution in [0.1, 0.15) is 165 Å². The maximum absolute atomic E-state index is 16.0.